The summed E-state index contributed by atoms with van der Waals surface area (Å²) in [5.41, 5.74) is 3.80. The first-order valence-electron chi connectivity index (χ1n) is 10.5. The van der Waals surface area contributed by atoms with Crippen molar-refractivity contribution in [3.05, 3.63) is 81.8 Å². The Kier molecular flexibility index (Phi) is 6.05. The predicted octanol–water partition coefficient (Wildman–Crippen LogP) is 6.67. The summed E-state index contributed by atoms with van der Waals surface area (Å²) in [4.78, 5) is 20.9. The molecule has 7 heteroatoms. The number of anilines is 1. The number of pyridine rings is 1. The van der Waals surface area contributed by atoms with Gasteiger partial charge >= 0.3 is 0 Å². The third-order valence-electron chi connectivity index (χ3n) is 5.89. The lowest BCUT2D eigenvalue weighted by Crippen LogP contribution is -2.44. The molecule has 1 amide bonds. The first-order chi connectivity index (χ1) is 15.6. The zero-order valence-corrected chi connectivity index (χ0v) is 19.6. The van der Waals surface area contributed by atoms with Crippen LogP contribution in [0.4, 0.5) is 5.69 Å². The fraction of sp³-hybridized carbons (Fsp3) is 0.200. The SMILES string of the molecule is O=C(NC1CCN(c2ccnc3cc(-c4cccs4)ccc23)CC1)c1cccc(Cl)c1Cl. The van der Waals surface area contributed by atoms with Gasteiger partial charge in [0, 0.05) is 41.3 Å². The van der Waals surface area contributed by atoms with Crippen LogP contribution >= 0.6 is 34.5 Å². The molecule has 0 saturated carbocycles. The molecule has 1 N–H and O–H groups in total. The topological polar surface area (TPSA) is 45.2 Å². The van der Waals surface area contributed by atoms with Gasteiger partial charge in [0.2, 0.25) is 0 Å². The van der Waals surface area contributed by atoms with Gasteiger partial charge in [0.15, 0.2) is 0 Å². The number of carbonyl (C=O) groups excluding carboxylic acids is 1. The Labute approximate surface area is 200 Å². The summed E-state index contributed by atoms with van der Waals surface area (Å²) >= 11 is 14.0. The number of hydrogen-bond donors (Lipinski definition) is 1. The predicted molar refractivity (Wildman–Crippen MR) is 134 cm³/mol. The van der Waals surface area contributed by atoms with Crippen molar-refractivity contribution in [2.45, 2.75) is 18.9 Å². The average molecular weight is 482 g/mol. The standard InChI is InChI=1S/C25H21Cl2N3OS/c26-20-4-1-3-19(24(20)27)25(31)29-17-9-12-30(13-10-17)22-8-11-28-21-15-16(6-7-18(21)22)23-5-2-14-32-23/h1-8,11,14-15,17H,9-10,12-13H2,(H,29,31). The van der Waals surface area contributed by atoms with Gasteiger partial charge in [0.05, 0.1) is 21.1 Å². The molecule has 5 rings (SSSR count). The van der Waals surface area contributed by atoms with Crippen molar-refractivity contribution in [3.8, 4) is 10.4 Å². The van der Waals surface area contributed by atoms with Crippen LogP contribution in [-0.4, -0.2) is 30.0 Å². The van der Waals surface area contributed by atoms with Gasteiger partial charge in [-0.2, -0.15) is 0 Å². The van der Waals surface area contributed by atoms with Crippen LogP contribution in [0, 0.1) is 0 Å². The maximum absolute atomic E-state index is 12.7. The molecule has 1 saturated heterocycles. The highest BCUT2D eigenvalue weighted by Gasteiger charge is 2.23. The number of hydrogen-bond acceptors (Lipinski definition) is 4. The van der Waals surface area contributed by atoms with Crippen molar-refractivity contribution in [1.29, 1.82) is 0 Å². The summed E-state index contributed by atoms with van der Waals surface area (Å²) in [5.74, 6) is -0.175. The van der Waals surface area contributed by atoms with Crippen LogP contribution in [0.3, 0.4) is 0 Å². The van der Waals surface area contributed by atoms with E-state index in [1.807, 2.05) is 6.20 Å². The number of carbonyl (C=O) groups is 1. The third-order valence-corrected chi connectivity index (χ3v) is 7.63. The molecule has 3 heterocycles. The number of fused-ring (bicyclic) bond motifs is 1. The summed E-state index contributed by atoms with van der Waals surface area (Å²) in [5, 5.41) is 7.05. The van der Waals surface area contributed by atoms with Gasteiger partial charge in [-0.25, -0.2) is 0 Å². The van der Waals surface area contributed by atoms with E-state index in [-0.39, 0.29) is 11.9 Å². The van der Waals surface area contributed by atoms with Crippen molar-refractivity contribution >= 4 is 57.0 Å². The average Bonchev–Trinajstić information content (AvgIpc) is 3.36. The molecule has 4 aromatic rings. The molecule has 0 atom stereocenters. The first-order valence-corrected chi connectivity index (χ1v) is 12.2. The molecule has 4 nitrogen and oxygen atoms in total. The van der Waals surface area contributed by atoms with Crippen LogP contribution in [-0.2, 0) is 0 Å². The largest absolute Gasteiger partial charge is 0.371 e. The molecular formula is C25H21Cl2N3OS. The number of rotatable bonds is 4. The van der Waals surface area contributed by atoms with Crippen molar-refractivity contribution < 1.29 is 4.79 Å². The minimum absolute atomic E-state index is 0.104. The van der Waals surface area contributed by atoms with E-state index in [2.05, 4.69) is 57.0 Å². The summed E-state index contributed by atoms with van der Waals surface area (Å²) < 4.78 is 0. The molecule has 0 unspecified atom stereocenters. The second kappa shape index (κ2) is 9.10. The lowest BCUT2D eigenvalue weighted by atomic mass is 10.0. The van der Waals surface area contributed by atoms with Gasteiger partial charge in [-0.15, -0.1) is 11.3 Å². The first kappa shape index (κ1) is 21.3. The van der Waals surface area contributed by atoms with Crippen molar-refractivity contribution in [3.63, 3.8) is 0 Å². The summed E-state index contributed by atoms with van der Waals surface area (Å²) in [6.07, 6.45) is 3.60. The quantitative estimate of drug-likeness (QED) is 0.353. The molecular weight excluding hydrogens is 461 g/mol. The van der Waals surface area contributed by atoms with Gasteiger partial charge in [0.1, 0.15) is 0 Å². The lowest BCUT2D eigenvalue weighted by Gasteiger charge is -2.34. The van der Waals surface area contributed by atoms with Crippen LogP contribution in [0.25, 0.3) is 21.3 Å². The van der Waals surface area contributed by atoms with E-state index in [9.17, 15) is 4.79 Å². The molecule has 0 spiro atoms. The van der Waals surface area contributed by atoms with Crippen LogP contribution in [0.1, 0.15) is 23.2 Å². The fourth-order valence-corrected chi connectivity index (χ4v) is 5.32. The number of halogens is 2. The second-order valence-electron chi connectivity index (χ2n) is 7.88. The number of nitrogens with zero attached hydrogens (tertiary/aromatic N) is 2. The molecule has 2 aromatic carbocycles. The van der Waals surface area contributed by atoms with E-state index in [1.54, 1.807) is 29.5 Å². The van der Waals surface area contributed by atoms with Crippen molar-refractivity contribution in [1.82, 2.24) is 10.3 Å². The Morgan fingerprint density at radius 3 is 2.69 bits per heavy atom. The zero-order chi connectivity index (χ0) is 22.1. The monoisotopic (exact) mass is 481 g/mol. The van der Waals surface area contributed by atoms with Gasteiger partial charge in [0.25, 0.3) is 5.91 Å². The molecule has 0 bridgehead atoms. The van der Waals surface area contributed by atoms with Crippen LogP contribution < -0.4 is 10.2 Å². The molecule has 1 fully saturated rings. The molecule has 162 valence electrons. The highest BCUT2D eigenvalue weighted by molar-refractivity contribution is 7.13. The Morgan fingerprint density at radius 1 is 1.06 bits per heavy atom. The fourth-order valence-electron chi connectivity index (χ4n) is 4.21. The highest BCUT2D eigenvalue weighted by atomic mass is 35.5. The zero-order valence-electron chi connectivity index (χ0n) is 17.2. The number of thiophene rings is 1. The molecule has 1 aliphatic rings. The van der Waals surface area contributed by atoms with E-state index in [0.29, 0.717) is 15.6 Å². The summed E-state index contributed by atoms with van der Waals surface area (Å²) in [6.45, 7) is 1.72. The van der Waals surface area contributed by atoms with Gasteiger partial charge in [-0.1, -0.05) is 47.5 Å². The maximum Gasteiger partial charge on any atom is 0.253 e. The number of benzene rings is 2. The van der Waals surface area contributed by atoms with Crippen LogP contribution in [0.15, 0.2) is 66.2 Å². The third kappa shape index (κ3) is 4.20. The smallest absolute Gasteiger partial charge is 0.253 e. The highest BCUT2D eigenvalue weighted by Crippen LogP contribution is 2.32. The number of aromatic nitrogens is 1. The maximum atomic E-state index is 12.7. The van der Waals surface area contributed by atoms with Gasteiger partial charge in [-0.3, -0.25) is 9.78 Å². The molecule has 0 aliphatic carbocycles. The number of nitrogens with one attached hydrogen (secondary N) is 1. The lowest BCUT2D eigenvalue weighted by molar-refractivity contribution is 0.0931. The second-order valence-corrected chi connectivity index (χ2v) is 9.61. The van der Waals surface area contributed by atoms with E-state index < -0.39 is 0 Å². The van der Waals surface area contributed by atoms with E-state index >= 15 is 0 Å². The molecule has 0 radical (unpaired) electrons. The summed E-state index contributed by atoms with van der Waals surface area (Å²) in [7, 11) is 0. The minimum Gasteiger partial charge on any atom is -0.371 e. The molecule has 2 aromatic heterocycles. The van der Waals surface area contributed by atoms with E-state index in [4.69, 9.17) is 23.2 Å². The number of piperidine rings is 1. The Hall–Kier alpha value is -2.60. The van der Waals surface area contributed by atoms with E-state index in [1.165, 1.54) is 16.1 Å². The molecule has 32 heavy (non-hydrogen) atoms. The van der Waals surface area contributed by atoms with Crippen molar-refractivity contribution in [2.75, 3.05) is 18.0 Å². The van der Waals surface area contributed by atoms with Crippen molar-refractivity contribution in [2.24, 2.45) is 0 Å². The normalized spacial score (nSPS) is 14.6. The van der Waals surface area contributed by atoms with Gasteiger partial charge < -0.3 is 10.2 Å². The van der Waals surface area contributed by atoms with Gasteiger partial charge in [-0.05, 0) is 54.1 Å². The molecule has 1 aliphatic heterocycles. The van der Waals surface area contributed by atoms with Crippen LogP contribution in [0.2, 0.25) is 10.0 Å². The van der Waals surface area contributed by atoms with Crippen LogP contribution in [0.5, 0.6) is 0 Å². The number of amides is 1. The summed E-state index contributed by atoms with van der Waals surface area (Å²) in [6, 6.07) is 18.0. The Morgan fingerprint density at radius 2 is 1.91 bits per heavy atom. The Bertz CT molecular complexity index is 1270. The van der Waals surface area contributed by atoms with E-state index in [0.717, 1.165) is 36.8 Å². The minimum atomic E-state index is -0.175. The Balaban J connectivity index is 1.29.